The number of amides is 1. The molecule has 2 aromatic rings. The number of rotatable bonds is 18. The third-order valence-corrected chi connectivity index (χ3v) is 7.63. The zero-order valence-electron chi connectivity index (χ0n) is 24.3. The number of nitrogens with zero attached hydrogens (tertiary/aromatic N) is 1. The SMILES string of the molecule is CCCCCCCCCCCCCCOc1ccc(CC(=O)Nc2cccc(C3(C)NC=CN3C)c2)cc1.I. The molecule has 0 spiro atoms. The summed E-state index contributed by atoms with van der Waals surface area (Å²) in [7, 11) is 2.04. The monoisotopic (exact) mass is 647 g/mol. The normalized spacial score (nSPS) is 16.0. The minimum absolute atomic E-state index is 0. The van der Waals surface area contributed by atoms with Crippen molar-refractivity contribution in [2.45, 2.75) is 103 Å². The highest BCUT2D eigenvalue weighted by Gasteiger charge is 2.31. The number of anilines is 1. The number of unbranched alkanes of at least 4 members (excludes halogenated alkanes) is 11. The second kappa shape index (κ2) is 18.2. The molecule has 2 aromatic carbocycles. The molecular weight excluding hydrogens is 597 g/mol. The molecule has 1 heterocycles. The first kappa shape index (κ1) is 33.0. The van der Waals surface area contributed by atoms with Crippen molar-refractivity contribution in [3.8, 4) is 5.75 Å². The van der Waals surface area contributed by atoms with Crippen LogP contribution in [-0.4, -0.2) is 24.5 Å². The van der Waals surface area contributed by atoms with Crippen LogP contribution in [0, 0.1) is 0 Å². The maximum absolute atomic E-state index is 12.7. The van der Waals surface area contributed by atoms with E-state index in [-0.39, 0.29) is 35.5 Å². The summed E-state index contributed by atoms with van der Waals surface area (Å²) < 4.78 is 5.92. The number of ether oxygens (including phenoxy) is 1. The van der Waals surface area contributed by atoms with Gasteiger partial charge in [0.15, 0.2) is 0 Å². The molecule has 1 unspecified atom stereocenters. The maximum atomic E-state index is 12.7. The summed E-state index contributed by atoms with van der Waals surface area (Å²) in [6.07, 6.45) is 20.4. The van der Waals surface area contributed by atoms with Crippen LogP contribution in [-0.2, 0) is 16.9 Å². The Labute approximate surface area is 254 Å². The van der Waals surface area contributed by atoms with Gasteiger partial charge < -0.3 is 20.3 Å². The third-order valence-electron chi connectivity index (χ3n) is 7.63. The first-order valence-corrected chi connectivity index (χ1v) is 14.8. The Morgan fingerprint density at radius 1 is 0.897 bits per heavy atom. The second-order valence-corrected chi connectivity index (χ2v) is 10.8. The van der Waals surface area contributed by atoms with Gasteiger partial charge in [-0.25, -0.2) is 0 Å². The smallest absolute Gasteiger partial charge is 0.228 e. The van der Waals surface area contributed by atoms with Crippen molar-refractivity contribution in [2.75, 3.05) is 19.0 Å². The van der Waals surface area contributed by atoms with Gasteiger partial charge in [0.1, 0.15) is 11.4 Å². The summed E-state index contributed by atoms with van der Waals surface area (Å²) in [5, 5.41) is 6.43. The van der Waals surface area contributed by atoms with Gasteiger partial charge in [-0.3, -0.25) is 4.79 Å². The van der Waals surface area contributed by atoms with Gasteiger partial charge in [0.2, 0.25) is 5.91 Å². The summed E-state index contributed by atoms with van der Waals surface area (Å²) in [6, 6.07) is 15.9. The highest BCUT2D eigenvalue weighted by molar-refractivity contribution is 14.0. The van der Waals surface area contributed by atoms with E-state index in [2.05, 4.69) is 35.4 Å². The predicted molar refractivity (Wildman–Crippen MR) is 175 cm³/mol. The highest BCUT2D eigenvalue weighted by Crippen LogP contribution is 2.29. The Bertz CT molecular complexity index is 995. The van der Waals surface area contributed by atoms with E-state index in [1.54, 1.807) is 0 Å². The van der Waals surface area contributed by atoms with Gasteiger partial charge in [0.05, 0.1) is 13.0 Å². The number of hydrogen-bond donors (Lipinski definition) is 2. The maximum Gasteiger partial charge on any atom is 0.228 e. The zero-order chi connectivity index (χ0) is 27.1. The van der Waals surface area contributed by atoms with Crippen molar-refractivity contribution < 1.29 is 9.53 Å². The van der Waals surface area contributed by atoms with Gasteiger partial charge >= 0.3 is 0 Å². The molecule has 0 saturated carbocycles. The van der Waals surface area contributed by atoms with Crippen molar-refractivity contribution in [1.82, 2.24) is 10.2 Å². The molecule has 0 saturated heterocycles. The van der Waals surface area contributed by atoms with Crippen molar-refractivity contribution in [1.29, 1.82) is 0 Å². The molecule has 216 valence electrons. The quantitative estimate of drug-likeness (QED) is 0.126. The highest BCUT2D eigenvalue weighted by atomic mass is 127. The van der Waals surface area contributed by atoms with Crippen molar-refractivity contribution >= 4 is 35.6 Å². The van der Waals surface area contributed by atoms with Crippen LogP contribution in [0.2, 0.25) is 0 Å². The fourth-order valence-electron chi connectivity index (χ4n) is 4.98. The Balaban J connectivity index is 0.00000533. The average molecular weight is 648 g/mol. The number of hydrogen-bond acceptors (Lipinski definition) is 4. The van der Waals surface area contributed by atoms with Gasteiger partial charge in [-0.1, -0.05) is 102 Å². The Kier molecular flexibility index (Phi) is 15.4. The largest absolute Gasteiger partial charge is 0.494 e. The molecule has 0 fully saturated rings. The van der Waals surface area contributed by atoms with E-state index in [9.17, 15) is 4.79 Å². The Morgan fingerprint density at radius 3 is 2.10 bits per heavy atom. The fourth-order valence-corrected chi connectivity index (χ4v) is 4.98. The first-order chi connectivity index (χ1) is 18.5. The van der Waals surface area contributed by atoms with E-state index < -0.39 is 0 Å². The number of halogens is 1. The third kappa shape index (κ3) is 11.4. The van der Waals surface area contributed by atoms with Crippen molar-refractivity contribution in [3.05, 3.63) is 72.1 Å². The summed E-state index contributed by atoms with van der Waals surface area (Å²) in [5.74, 6) is 0.850. The van der Waals surface area contributed by atoms with E-state index in [0.717, 1.165) is 35.6 Å². The summed E-state index contributed by atoms with van der Waals surface area (Å²) in [4.78, 5) is 14.8. The van der Waals surface area contributed by atoms with Crippen LogP contribution < -0.4 is 15.4 Å². The van der Waals surface area contributed by atoms with Crippen molar-refractivity contribution in [3.63, 3.8) is 0 Å². The molecular formula is C33H50IN3O2. The topological polar surface area (TPSA) is 53.6 Å². The lowest BCUT2D eigenvalue weighted by molar-refractivity contribution is -0.115. The number of benzene rings is 2. The lowest BCUT2D eigenvalue weighted by Gasteiger charge is -2.34. The van der Waals surface area contributed by atoms with Gasteiger partial charge in [-0.05, 0) is 48.7 Å². The minimum Gasteiger partial charge on any atom is -0.494 e. The van der Waals surface area contributed by atoms with Crippen LogP contribution in [0.25, 0.3) is 0 Å². The zero-order valence-corrected chi connectivity index (χ0v) is 26.7. The van der Waals surface area contributed by atoms with Gasteiger partial charge in [0.25, 0.3) is 0 Å². The first-order valence-electron chi connectivity index (χ1n) is 14.8. The Morgan fingerprint density at radius 2 is 1.51 bits per heavy atom. The molecule has 0 aliphatic carbocycles. The molecule has 1 aliphatic rings. The molecule has 2 N–H and O–H groups in total. The van der Waals surface area contributed by atoms with Crippen LogP contribution in [0.4, 0.5) is 5.69 Å². The molecule has 1 amide bonds. The van der Waals surface area contributed by atoms with Gasteiger partial charge in [-0.2, -0.15) is 0 Å². The molecule has 6 heteroatoms. The standard InChI is InChI=1S/C33H49N3O2.HI/c1-4-5-6-7-8-9-10-11-12-13-14-15-25-38-31-21-19-28(20-22-31)26-32(37)35-30-18-16-17-29(27-30)33(2)34-23-24-36(33)3;/h16-24,27,34H,4-15,25-26H2,1-3H3,(H,35,37);1H. The van der Waals surface area contributed by atoms with Crippen LogP contribution in [0.15, 0.2) is 60.9 Å². The van der Waals surface area contributed by atoms with Crippen LogP contribution >= 0.6 is 24.0 Å². The fraction of sp³-hybridized carbons (Fsp3) is 0.545. The van der Waals surface area contributed by atoms with E-state index in [1.807, 2.05) is 61.9 Å². The van der Waals surface area contributed by atoms with Gasteiger partial charge in [0, 0.05) is 25.1 Å². The molecule has 0 radical (unpaired) electrons. The van der Waals surface area contributed by atoms with E-state index in [1.165, 1.54) is 70.6 Å². The van der Waals surface area contributed by atoms with E-state index in [0.29, 0.717) is 6.42 Å². The van der Waals surface area contributed by atoms with Crippen LogP contribution in [0.1, 0.15) is 102 Å². The molecule has 1 aliphatic heterocycles. The molecule has 3 rings (SSSR count). The summed E-state index contributed by atoms with van der Waals surface area (Å²) in [5.41, 5.74) is 2.56. The number of carbonyl (C=O) groups is 1. The van der Waals surface area contributed by atoms with Gasteiger partial charge in [-0.15, -0.1) is 24.0 Å². The van der Waals surface area contributed by atoms with Crippen LogP contribution in [0.3, 0.4) is 0 Å². The molecule has 0 bridgehead atoms. The minimum atomic E-state index is -0.316. The van der Waals surface area contributed by atoms with Crippen molar-refractivity contribution in [2.24, 2.45) is 0 Å². The lowest BCUT2D eigenvalue weighted by atomic mass is 10.0. The van der Waals surface area contributed by atoms with Crippen LogP contribution in [0.5, 0.6) is 5.75 Å². The second-order valence-electron chi connectivity index (χ2n) is 10.8. The predicted octanol–water partition coefficient (Wildman–Crippen LogP) is 8.74. The number of nitrogens with one attached hydrogen (secondary N) is 2. The molecule has 0 aromatic heterocycles. The van der Waals surface area contributed by atoms with E-state index >= 15 is 0 Å². The summed E-state index contributed by atoms with van der Waals surface area (Å²) >= 11 is 0. The Hall–Kier alpha value is -2.22. The van der Waals surface area contributed by atoms with E-state index in [4.69, 9.17) is 4.74 Å². The summed E-state index contributed by atoms with van der Waals surface area (Å²) in [6.45, 7) is 5.15. The lowest BCUT2D eigenvalue weighted by Crippen LogP contribution is -2.43. The molecule has 1 atom stereocenters. The number of carbonyl (C=O) groups excluding carboxylic acids is 1. The molecule has 5 nitrogen and oxygen atoms in total. The molecule has 39 heavy (non-hydrogen) atoms. The average Bonchev–Trinajstić information content (AvgIpc) is 3.26.